The average Bonchev–Trinajstić information content (AvgIpc) is 3.04. The third-order valence-electron chi connectivity index (χ3n) is 5.09. The van der Waals surface area contributed by atoms with Gasteiger partial charge in [-0.05, 0) is 50.9 Å². The number of aryl methyl sites for hydroxylation is 1. The van der Waals surface area contributed by atoms with Gasteiger partial charge >= 0.3 is 0 Å². The van der Waals surface area contributed by atoms with E-state index in [4.69, 9.17) is 5.73 Å². The molecule has 0 spiro atoms. The number of nitrogens with two attached hydrogens (primary N) is 1. The number of likely N-dealkylation sites (tertiary alicyclic amines) is 1. The van der Waals surface area contributed by atoms with Crippen molar-refractivity contribution in [3.05, 3.63) is 46.8 Å². The molecule has 1 unspecified atom stereocenters. The normalized spacial score (nSPS) is 21.6. The number of halogens is 2. The van der Waals surface area contributed by atoms with Gasteiger partial charge in [-0.2, -0.15) is 5.10 Å². The van der Waals surface area contributed by atoms with E-state index in [0.717, 1.165) is 49.1 Å². The van der Waals surface area contributed by atoms with Gasteiger partial charge in [0.25, 0.3) is 0 Å². The lowest BCUT2D eigenvalue weighted by atomic mass is 9.90. The fraction of sp³-hybridized carbons (Fsp3) is 0.500. The van der Waals surface area contributed by atoms with Gasteiger partial charge in [0, 0.05) is 30.4 Å². The molecule has 1 aliphatic rings. The molecule has 2 aromatic rings. The second kappa shape index (κ2) is 6.26. The summed E-state index contributed by atoms with van der Waals surface area (Å²) in [5.74, 6) is -1.19. The molecule has 0 bridgehead atoms. The minimum Gasteiger partial charge on any atom is -0.330 e. The molecule has 1 fully saturated rings. The SMILES string of the molecule is Cc1nn(-c2ccc(F)cc2F)c(C)c1CN1CCC(C)(CN)C1. The highest BCUT2D eigenvalue weighted by Crippen LogP contribution is 2.31. The highest BCUT2D eigenvalue weighted by molar-refractivity contribution is 5.38. The van der Waals surface area contributed by atoms with Crippen molar-refractivity contribution in [3.8, 4) is 5.69 Å². The number of benzene rings is 1. The molecule has 1 aliphatic heterocycles. The predicted octanol–water partition coefficient (Wildman–Crippen LogP) is 2.94. The smallest absolute Gasteiger partial charge is 0.151 e. The molecule has 0 saturated carbocycles. The Balaban J connectivity index is 1.88. The van der Waals surface area contributed by atoms with Crippen LogP contribution in [0.5, 0.6) is 0 Å². The Morgan fingerprint density at radius 2 is 2.04 bits per heavy atom. The summed E-state index contributed by atoms with van der Waals surface area (Å²) in [5, 5.41) is 4.47. The summed E-state index contributed by atoms with van der Waals surface area (Å²) in [6.07, 6.45) is 1.09. The van der Waals surface area contributed by atoms with Crippen molar-refractivity contribution in [1.29, 1.82) is 0 Å². The first-order valence-corrected chi connectivity index (χ1v) is 8.26. The van der Waals surface area contributed by atoms with E-state index in [1.807, 2.05) is 13.8 Å². The maximum Gasteiger partial charge on any atom is 0.151 e. The second-order valence-electron chi connectivity index (χ2n) is 7.13. The molecule has 4 nitrogen and oxygen atoms in total. The van der Waals surface area contributed by atoms with E-state index < -0.39 is 11.6 Å². The molecule has 2 N–H and O–H groups in total. The van der Waals surface area contributed by atoms with Gasteiger partial charge in [0.1, 0.15) is 11.5 Å². The maximum atomic E-state index is 14.1. The minimum absolute atomic E-state index is 0.168. The summed E-state index contributed by atoms with van der Waals surface area (Å²) < 4.78 is 28.8. The van der Waals surface area contributed by atoms with Gasteiger partial charge in [0.15, 0.2) is 5.82 Å². The lowest BCUT2D eigenvalue weighted by Crippen LogP contribution is -2.31. The van der Waals surface area contributed by atoms with Crippen LogP contribution in [-0.4, -0.2) is 34.3 Å². The van der Waals surface area contributed by atoms with E-state index in [9.17, 15) is 8.78 Å². The van der Waals surface area contributed by atoms with E-state index >= 15 is 0 Å². The number of hydrogen-bond donors (Lipinski definition) is 1. The van der Waals surface area contributed by atoms with Crippen molar-refractivity contribution < 1.29 is 8.78 Å². The molecule has 6 heteroatoms. The summed E-state index contributed by atoms with van der Waals surface area (Å²) >= 11 is 0. The highest BCUT2D eigenvalue weighted by Gasteiger charge is 2.33. The first kappa shape index (κ1) is 17.0. The number of nitrogens with zero attached hydrogens (tertiary/aromatic N) is 3. The summed E-state index contributed by atoms with van der Waals surface area (Å²) in [6.45, 7) is 9.48. The molecule has 24 heavy (non-hydrogen) atoms. The predicted molar refractivity (Wildman–Crippen MR) is 90.0 cm³/mol. The van der Waals surface area contributed by atoms with E-state index in [1.165, 1.54) is 12.1 Å². The van der Waals surface area contributed by atoms with Gasteiger partial charge in [-0.1, -0.05) is 6.92 Å². The monoisotopic (exact) mass is 334 g/mol. The Morgan fingerprint density at radius 3 is 2.67 bits per heavy atom. The molecule has 0 aliphatic carbocycles. The van der Waals surface area contributed by atoms with Crippen molar-refractivity contribution in [2.24, 2.45) is 11.1 Å². The topological polar surface area (TPSA) is 47.1 Å². The Kier molecular flexibility index (Phi) is 4.44. The van der Waals surface area contributed by atoms with E-state index in [1.54, 1.807) is 4.68 Å². The lowest BCUT2D eigenvalue weighted by Gasteiger charge is -2.22. The Bertz CT molecular complexity index is 756. The molecular formula is C18H24F2N4. The lowest BCUT2D eigenvalue weighted by molar-refractivity contribution is 0.273. The molecule has 3 rings (SSSR count). The molecular weight excluding hydrogens is 310 g/mol. The van der Waals surface area contributed by atoms with Crippen molar-refractivity contribution in [1.82, 2.24) is 14.7 Å². The summed E-state index contributed by atoms with van der Waals surface area (Å²) in [5.41, 5.74) is 9.18. The fourth-order valence-corrected chi connectivity index (χ4v) is 3.44. The zero-order chi connectivity index (χ0) is 17.5. The van der Waals surface area contributed by atoms with Crippen LogP contribution in [0.25, 0.3) is 5.69 Å². The zero-order valence-corrected chi connectivity index (χ0v) is 14.4. The van der Waals surface area contributed by atoms with Crippen molar-refractivity contribution in [2.45, 2.75) is 33.7 Å². The van der Waals surface area contributed by atoms with Crippen molar-refractivity contribution in [3.63, 3.8) is 0 Å². The van der Waals surface area contributed by atoms with Crippen LogP contribution < -0.4 is 5.73 Å². The summed E-state index contributed by atoms with van der Waals surface area (Å²) in [7, 11) is 0. The van der Waals surface area contributed by atoms with Crippen molar-refractivity contribution >= 4 is 0 Å². The van der Waals surface area contributed by atoms with Crippen LogP contribution in [0.3, 0.4) is 0 Å². The third-order valence-corrected chi connectivity index (χ3v) is 5.09. The quantitative estimate of drug-likeness (QED) is 0.935. The highest BCUT2D eigenvalue weighted by atomic mass is 19.1. The van der Waals surface area contributed by atoms with Crippen LogP contribution in [0, 0.1) is 30.9 Å². The van der Waals surface area contributed by atoms with Crippen molar-refractivity contribution in [2.75, 3.05) is 19.6 Å². The van der Waals surface area contributed by atoms with E-state index in [0.29, 0.717) is 6.54 Å². The molecule has 0 amide bonds. The third kappa shape index (κ3) is 3.08. The summed E-state index contributed by atoms with van der Waals surface area (Å²) in [6, 6.07) is 3.57. The fourth-order valence-electron chi connectivity index (χ4n) is 3.44. The van der Waals surface area contributed by atoms with E-state index in [-0.39, 0.29) is 11.1 Å². The van der Waals surface area contributed by atoms with Gasteiger partial charge in [-0.3, -0.25) is 4.90 Å². The standard InChI is InChI=1S/C18H24F2N4/c1-12-15(9-23-7-6-18(3,10-21)11-23)13(2)24(22-12)17-5-4-14(19)8-16(17)20/h4-5,8H,6-7,9-11,21H2,1-3H3. The number of rotatable bonds is 4. The van der Waals surface area contributed by atoms with E-state index in [2.05, 4.69) is 16.9 Å². The zero-order valence-electron chi connectivity index (χ0n) is 14.4. The van der Waals surface area contributed by atoms with Gasteiger partial charge in [0.2, 0.25) is 0 Å². The van der Waals surface area contributed by atoms with Crippen LogP contribution in [0.15, 0.2) is 18.2 Å². The maximum absolute atomic E-state index is 14.1. The summed E-state index contributed by atoms with van der Waals surface area (Å²) in [4.78, 5) is 2.37. The number of hydrogen-bond acceptors (Lipinski definition) is 3. The Labute approximate surface area is 141 Å². The van der Waals surface area contributed by atoms with Crippen LogP contribution in [-0.2, 0) is 6.54 Å². The number of aromatic nitrogens is 2. The molecule has 2 heterocycles. The molecule has 1 saturated heterocycles. The van der Waals surface area contributed by atoms with Crippen LogP contribution >= 0.6 is 0 Å². The largest absolute Gasteiger partial charge is 0.330 e. The van der Waals surface area contributed by atoms with Gasteiger partial charge in [0.05, 0.1) is 5.69 Å². The second-order valence-corrected chi connectivity index (χ2v) is 7.13. The van der Waals surface area contributed by atoms with Gasteiger partial charge in [-0.25, -0.2) is 13.5 Å². The Morgan fingerprint density at radius 1 is 1.29 bits per heavy atom. The Hall–Kier alpha value is -1.79. The molecule has 130 valence electrons. The average molecular weight is 334 g/mol. The molecule has 0 radical (unpaired) electrons. The van der Waals surface area contributed by atoms with Gasteiger partial charge in [-0.15, -0.1) is 0 Å². The van der Waals surface area contributed by atoms with Crippen LogP contribution in [0.4, 0.5) is 8.78 Å². The first-order valence-electron chi connectivity index (χ1n) is 8.26. The first-order chi connectivity index (χ1) is 11.3. The van der Waals surface area contributed by atoms with Crippen LogP contribution in [0.2, 0.25) is 0 Å². The molecule has 1 atom stereocenters. The minimum atomic E-state index is -0.607. The molecule has 1 aromatic carbocycles. The molecule has 1 aromatic heterocycles. The van der Waals surface area contributed by atoms with Gasteiger partial charge < -0.3 is 5.73 Å². The van der Waals surface area contributed by atoms with Crippen LogP contribution in [0.1, 0.15) is 30.3 Å².